The second kappa shape index (κ2) is 9.58. The van der Waals surface area contributed by atoms with E-state index in [0.29, 0.717) is 25.9 Å². The molecule has 7 nitrogen and oxygen atoms in total. The van der Waals surface area contributed by atoms with Gasteiger partial charge < -0.3 is 10.2 Å². The molecule has 1 aliphatic heterocycles. The number of thiazole rings is 1. The molecule has 8 heteroatoms. The van der Waals surface area contributed by atoms with Gasteiger partial charge in [0.2, 0.25) is 11.8 Å². The maximum absolute atomic E-state index is 12.8. The SMILES string of the molecule is O=C(Nc1ccc(-c2cscn2)cc1)[C@H]1CCCN(C(=O)CCc2cnccn2)C1. The first kappa shape index (κ1) is 20.2. The largest absolute Gasteiger partial charge is 0.342 e. The smallest absolute Gasteiger partial charge is 0.229 e. The standard InChI is InChI=1S/C22H23N5O2S/c28-21(8-7-19-12-23-9-10-24-19)27-11-1-2-17(13-27)22(29)26-18-5-3-16(4-6-18)20-14-30-15-25-20/h3-6,9-10,12,14-15,17H,1-2,7-8,11,13H2,(H,26,29)/t17-/m0/s1. The summed E-state index contributed by atoms with van der Waals surface area (Å²) in [7, 11) is 0. The summed E-state index contributed by atoms with van der Waals surface area (Å²) in [5.41, 5.74) is 5.31. The Labute approximate surface area is 179 Å². The average molecular weight is 422 g/mol. The van der Waals surface area contributed by atoms with Gasteiger partial charge in [-0.25, -0.2) is 4.98 Å². The molecule has 2 amide bonds. The van der Waals surface area contributed by atoms with Crippen molar-refractivity contribution in [3.05, 3.63) is 59.4 Å². The highest BCUT2D eigenvalue weighted by molar-refractivity contribution is 7.07. The Balaban J connectivity index is 1.30. The van der Waals surface area contributed by atoms with Gasteiger partial charge in [-0.1, -0.05) is 12.1 Å². The molecule has 0 bridgehead atoms. The molecule has 0 spiro atoms. The molecule has 30 heavy (non-hydrogen) atoms. The van der Waals surface area contributed by atoms with E-state index in [4.69, 9.17) is 0 Å². The van der Waals surface area contributed by atoms with E-state index in [1.807, 2.05) is 29.6 Å². The van der Waals surface area contributed by atoms with E-state index in [-0.39, 0.29) is 17.7 Å². The molecule has 1 N–H and O–H groups in total. The first-order valence-electron chi connectivity index (χ1n) is 10.0. The highest BCUT2D eigenvalue weighted by atomic mass is 32.1. The molecular formula is C22H23N5O2S. The topological polar surface area (TPSA) is 88.1 Å². The van der Waals surface area contributed by atoms with Gasteiger partial charge in [0.25, 0.3) is 0 Å². The van der Waals surface area contributed by atoms with Gasteiger partial charge >= 0.3 is 0 Å². The fourth-order valence-electron chi connectivity index (χ4n) is 3.59. The minimum atomic E-state index is -0.197. The third kappa shape index (κ3) is 5.07. The Bertz CT molecular complexity index is 977. The van der Waals surface area contributed by atoms with E-state index in [0.717, 1.165) is 35.5 Å². The molecule has 2 aromatic heterocycles. The number of anilines is 1. The van der Waals surface area contributed by atoms with Gasteiger partial charge in [0.1, 0.15) is 0 Å². The lowest BCUT2D eigenvalue weighted by atomic mass is 9.96. The van der Waals surface area contributed by atoms with Crippen molar-refractivity contribution in [1.82, 2.24) is 19.9 Å². The van der Waals surface area contributed by atoms with Crippen molar-refractivity contribution in [2.75, 3.05) is 18.4 Å². The van der Waals surface area contributed by atoms with E-state index in [1.54, 1.807) is 40.3 Å². The molecule has 1 atom stereocenters. The zero-order valence-corrected chi connectivity index (χ0v) is 17.3. The first-order valence-corrected chi connectivity index (χ1v) is 11.0. The third-order valence-electron chi connectivity index (χ3n) is 5.24. The highest BCUT2D eigenvalue weighted by Gasteiger charge is 2.28. The fourth-order valence-corrected chi connectivity index (χ4v) is 4.15. The molecule has 154 valence electrons. The van der Waals surface area contributed by atoms with Crippen molar-refractivity contribution in [3.63, 3.8) is 0 Å². The molecule has 0 aliphatic carbocycles. The van der Waals surface area contributed by atoms with Gasteiger partial charge in [-0.15, -0.1) is 11.3 Å². The quantitative estimate of drug-likeness (QED) is 0.659. The van der Waals surface area contributed by atoms with Crippen LogP contribution in [0.1, 0.15) is 25.0 Å². The van der Waals surface area contributed by atoms with Crippen LogP contribution in [0.3, 0.4) is 0 Å². The Morgan fingerprint density at radius 3 is 2.77 bits per heavy atom. The third-order valence-corrected chi connectivity index (χ3v) is 5.82. The van der Waals surface area contributed by atoms with E-state index >= 15 is 0 Å². The predicted octanol–water partition coefficient (Wildman–Crippen LogP) is 3.41. The second-order valence-corrected chi connectivity index (χ2v) is 8.03. The number of piperidine rings is 1. The van der Waals surface area contributed by atoms with Crippen LogP contribution in [0, 0.1) is 5.92 Å². The van der Waals surface area contributed by atoms with E-state index in [2.05, 4.69) is 20.3 Å². The van der Waals surface area contributed by atoms with Crippen molar-refractivity contribution in [1.29, 1.82) is 0 Å². The minimum absolute atomic E-state index is 0.0390. The van der Waals surface area contributed by atoms with Gasteiger partial charge in [-0.05, 0) is 31.4 Å². The number of likely N-dealkylation sites (tertiary alicyclic amines) is 1. The monoisotopic (exact) mass is 421 g/mol. The van der Waals surface area contributed by atoms with E-state index in [9.17, 15) is 9.59 Å². The van der Waals surface area contributed by atoms with Gasteiger partial charge in [-0.2, -0.15) is 0 Å². The summed E-state index contributed by atoms with van der Waals surface area (Å²) in [6.07, 6.45) is 7.49. The number of carbonyl (C=O) groups excluding carboxylic acids is 2. The lowest BCUT2D eigenvalue weighted by molar-refractivity contribution is -0.134. The molecule has 1 fully saturated rings. The molecule has 0 radical (unpaired) electrons. The normalized spacial score (nSPS) is 16.3. The molecule has 3 aromatic rings. The number of rotatable bonds is 6. The van der Waals surface area contributed by atoms with Crippen molar-refractivity contribution in [2.24, 2.45) is 5.92 Å². The summed E-state index contributed by atoms with van der Waals surface area (Å²) >= 11 is 1.55. The van der Waals surface area contributed by atoms with Gasteiger partial charge in [-0.3, -0.25) is 19.6 Å². The molecule has 3 heterocycles. The molecular weight excluding hydrogens is 398 g/mol. The lowest BCUT2D eigenvalue weighted by Crippen LogP contribution is -2.43. The summed E-state index contributed by atoms with van der Waals surface area (Å²) < 4.78 is 0. The van der Waals surface area contributed by atoms with Crippen molar-refractivity contribution in [3.8, 4) is 11.3 Å². The van der Waals surface area contributed by atoms with E-state index < -0.39 is 0 Å². The number of nitrogens with one attached hydrogen (secondary N) is 1. The number of aryl methyl sites for hydroxylation is 1. The van der Waals surface area contributed by atoms with Crippen LogP contribution in [-0.4, -0.2) is 44.8 Å². The Morgan fingerprint density at radius 1 is 1.17 bits per heavy atom. The van der Waals surface area contributed by atoms with Crippen LogP contribution in [0.5, 0.6) is 0 Å². The van der Waals surface area contributed by atoms with Crippen LogP contribution in [0.2, 0.25) is 0 Å². The lowest BCUT2D eigenvalue weighted by Gasteiger charge is -2.32. The summed E-state index contributed by atoms with van der Waals surface area (Å²) in [4.78, 5) is 39.7. The predicted molar refractivity (Wildman–Crippen MR) is 116 cm³/mol. The summed E-state index contributed by atoms with van der Waals surface area (Å²) in [6.45, 7) is 1.16. The summed E-state index contributed by atoms with van der Waals surface area (Å²) in [5.74, 6) is -0.175. The Kier molecular flexibility index (Phi) is 6.44. The van der Waals surface area contributed by atoms with Crippen LogP contribution in [0.15, 0.2) is 53.7 Å². The van der Waals surface area contributed by atoms with Gasteiger partial charge in [0.15, 0.2) is 0 Å². The van der Waals surface area contributed by atoms with E-state index in [1.165, 1.54) is 0 Å². The highest BCUT2D eigenvalue weighted by Crippen LogP contribution is 2.23. The van der Waals surface area contributed by atoms with Crippen LogP contribution < -0.4 is 5.32 Å². The number of nitrogens with zero attached hydrogens (tertiary/aromatic N) is 4. The second-order valence-electron chi connectivity index (χ2n) is 7.32. The molecule has 0 unspecified atom stereocenters. The van der Waals surface area contributed by atoms with Crippen LogP contribution in [-0.2, 0) is 16.0 Å². The molecule has 0 saturated carbocycles. The Hall–Kier alpha value is -3.13. The number of hydrogen-bond donors (Lipinski definition) is 1. The Morgan fingerprint density at radius 2 is 2.03 bits per heavy atom. The van der Waals surface area contributed by atoms with Gasteiger partial charge in [0, 0.05) is 54.7 Å². The van der Waals surface area contributed by atoms with Crippen molar-refractivity contribution < 1.29 is 9.59 Å². The van der Waals surface area contributed by atoms with Crippen LogP contribution in [0.25, 0.3) is 11.3 Å². The zero-order chi connectivity index (χ0) is 20.8. The zero-order valence-electron chi connectivity index (χ0n) is 16.5. The number of amides is 2. The van der Waals surface area contributed by atoms with Crippen LogP contribution >= 0.6 is 11.3 Å². The minimum Gasteiger partial charge on any atom is -0.342 e. The molecule has 1 saturated heterocycles. The number of aromatic nitrogens is 3. The average Bonchev–Trinajstić information content (AvgIpc) is 3.34. The fraction of sp³-hybridized carbons (Fsp3) is 0.318. The number of benzene rings is 1. The molecule has 1 aromatic carbocycles. The molecule has 4 rings (SSSR count). The summed E-state index contributed by atoms with van der Waals surface area (Å²) in [6, 6.07) is 7.68. The van der Waals surface area contributed by atoms with Crippen molar-refractivity contribution in [2.45, 2.75) is 25.7 Å². The first-order chi connectivity index (χ1) is 14.7. The maximum Gasteiger partial charge on any atom is 0.229 e. The molecule has 1 aliphatic rings. The number of carbonyl (C=O) groups is 2. The van der Waals surface area contributed by atoms with Gasteiger partial charge in [0.05, 0.1) is 22.8 Å². The summed E-state index contributed by atoms with van der Waals surface area (Å²) in [5, 5.41) is 4.98. The maximum atomic E-state index is 12.8. The van der Waals surface area contributed by atoms with Crippen molar-refractivity contribution >= 4 is 28.8 Å². The van der Waals surface area contributed by atoms with Crippen LogP contribution in [0.4, 0.5) is 5.69 Å². The number of hydrogen-bond acceptors (Lipinski definition) is 6.